The van der Waals surface area contributed by atoms with E-state index in [0.29, 0.717) is 41.7 Å². The van der Waals surface area contributed by atoms with Crippen molar-refractivity contribution in [1.29, 1.82) is 0 Å². The molecule has 1 aliphatic carbocycles. The summed E-state index contributed by atoms with van der Waals surface area (Å²) >= 11 is 0. The number of nitrogens with two attached hydrogens (primary N) is 1. The zero-order chi connectivity index (χ0) is 26.2. The summed E-state index contributed by atoms with van der Waals surface area (Å²) in [7, 11) is 1.67. The lowest BCUT2D eigenvalue weighted by molar-refractivity contribution is 0.0941. The molecular weight excluding hydrogens is 464 g/mol. The first-order chi connectivity index (χ1) is 17.4. The first kappa shape index (κ1) is 27.0. The van der Waals surface area contributed by atoms with Gasteiger partial charge in [0.2, 0.25) is 0 Å². The van der Waals surface area contributed by atoms with E-state index in [0.717, 1.165) is 25.3 Å². The Morgan fingerprint density at radius 2 is 1.78 bits per heavy atom. The number of aromatic nitrogens is 1. The molecular formula is C27H33F2N5O2. The van der Waals surface area contributed by atoms with E-state index in [4.69, 9.17) is 5.73 Å². The highest BCUT2D eigenvalue weighted by molar-refractivity contribution is 6.08. The van der Waals surface area contributed by atoms with Crippen LogP contribution in [0.4, 0.5) is 14.5 Å². The quantitative estimate of drug-likeness (QED) is 0.323. The number of rotatable bonds is 9. The fraction of sp³-hybridized carbons (Fsp3) is 0.370. The molecule has 2 aromatic carbocycles. The predicted octanol–water partition coefficient (Wildman–Crippen LogP) is 4.61. The molecule has 192 valence electrons. The van der Waals surface area contributed by atoms with Gasteiger partial charge in [0, 0.05) is 42.8 Å². The molecule has 3 aromatic rings. The van der Waals surface area contributed by atoms with Crippen molar-refractivity contribution < 1.29 is 18.4 Å². The van der Waals surface area contributed by atoms with E-state index in [2.05, 4.69) is 20.9 Å². The molecule has 9 heteroatoms. The zero-order valence-electron chi connectivity index (χ0n) is 20.9. The molecule has 1 aromatic heterocycles. The van der Waals surface area contributed by atoms with Gasteiger partial charge >= 0.3 is 0 Å². The Balaban J connectivity index is 0.00000176. The van der Waals surface area contributed by atoms with Crippen molar-refractivity contribution in [1.82, 2.24) is 15.6 Å². The number of nitrogens with zero attached hydrogens (tertiary/aromatic N) is 1. The van der Waals surface area contributed by atoms with Gasteiger partial charge in [-0.25, -0.2) is 8.78 Å². The van der Waals surface area contributed by atoms with Crippen LogP contribution in [-0.4, -0.2) is 43.0 Å². The van der Waals surface area contributed by atoms with E-state index in [9.17, 15) is 18.4 Å². The maximum atomic E-state index is 15.0. The Labute approximate surface area is 209 Å². The molecule has 1 heterocycles. The largest absolute Gasteiger partial charge is 0.387 e. The molecule has 0 bridgehead atoms. The van der Waals surface area contributed by atoms with Crippen LogP contribution >= 0.6 is 0 Å². The van der Waals surface area contributed by atoms with Crippen LogP contribution in [0.3, 0.4) is 0 Å². The van der Waals surface area contributed by atoms with Gasteiger partial charge in [0.15, 0.2) is 0 Å². The molecule has 2 amide bonds. The highest BCUT2D eigenvalue weighted by Gasteiger charge is 2.26. The van der Waals surface area contributed by atoms with Gasteiger partial charge in [-0.3, -0.25) is 14.6 Å². The number of anilines is 1. The van der Waals surface area contributed by atoms with Crippen LogP contribution in [0.15, 0.2) is 36.5 Å². The summed E-state index contributed by atoms with van der Waals surface area (Å²) in [5, 5.41) is 9.13. The minimum atomic E-state index is -0.752. The van der Waals surface area contributed by atoms with Crippen LogP contribution in [0.1, 0.15) is 60.2 Å². The van der Waals surface area contributed by atoms with Gasteiger partial charge in [0.05, 0.1) is 22.3 Å². The highest BCUT2D eigenvalue weighted by atomic mass is 19.1. The number of halogens is 2. The number of unbranched alkanes of at least 4 members (excludes halogenated alkanes) is 1. The minimum Gasteiger partial charge on any atom is -0.387 e. The molecule has 0 saturated heterocycles. The summed E-state index contributed by atoms with van der Waals surface area (Å²) in [4.78, 5) is 29.2. The number of carbonyl (C=O) groups is 2. The molecule has 36 heavy (non-hydrogen) atoms. The molecule has 0 radical (unpaired) electrons. The van der Waals surface area contributed by atoms with E-state index >= 15 is 0 Å². The monoisotopic (exact) mass is 497 g/mol. The Bertz CT molecular complexity index is 1240. The molecule has 0 unspecified atom stereocenters. The minimum absolute atomic E-state index is 0.116. The molecule has 1 fully saturated rings. The molecule has 5 N–H and O–H groups in total. The van der Waals surface area contributed by atoms with Crippen molar-refractivity contribution >= 4 is 28.4 Å². The van der Waals surface area contributed by atoms with Crippen molar-refractivity contribution in [3.8, 4) is 11.1 Å². The summed E-state index contributed by atoms with van der Waals surface area (Å²) in [5.74, 6) is -2.12. The molecule has 0 atom stereocenters. The van der Waals surface area contributed by atoms with Crippen molar-refractivity contribution in [3.05, 3.63) is 59.3 Å². The van der Waals surface area contributed by atoms with E-state index in [1.165, 1.54) is 24.4 Å². The van der Waals surface area contributed by atoms with Gasteiger partial charge in [-0.1, -0.05) is 19.9 Å². The van der Waals surface area contributed by atoms with E-state index in [-0.39, 0.29) is 28.6 Å². The van der Waals surface area contributed by atoms with Gasteiger partial charge in [0.1, 0.15) is 11.6 Å². The fourth-order valence-electron chi connectivity index (χ4n) is 3.80. The van der Waals surface area contributed by atoms with E-state index < -0.39 is 17.5 Å². The van der Waals surface area contributed by atoms with Crippen molar-refractivity contribution in [2.45, 2.75) is 45.6 Å². The number of pyridine rings is 1. The maximum Gasteiger partial charge on any atom is 0.255 e. The number of fused-ring (bicyclic) bond motifs is 1. The van der Waals surface area contributed by atoms with Crippen LogP contribution in [0, 0.1) is 11.6 Å². The number of hydrogen-bond donors (Lipinski definition) is 4. The number of nitrogens with one attached hydrogen (secondary N) is 3. The Hall–Kier alpha value is -3.59. The Morgan fingerprint density at radius 3 is 2.42 bits per heavy atom. The average Bonchev–Trinajstić information content (AvgIpc) is 3.70. The van der Waals surface area contributed by atoms with Crippen molar-refractivity contribution in [2.24, 2.45) is 5.73 Å². The van der Waals surface area contributed by atoms with Gasteiger partial charge in [-0.05, 0) is 56.0 Å². The molecule has 0 spiro atoms. The maximum absolute atomic E-state index is 15.0. The fourth-order valence-corrected chi connectivity index (χ4v) is 3.80. The molecule has 1 aliphatic rings. The SMILES string of the molecule is CC.CNc1c(C(=O)NC2CC2)cnc2cc(F)c(-c3ccc(C(=O)NCCCCN)c(F)c3)cc12. The molecule has 1 saturated carbocycles. The van der Waals surface area contributed by atoms with Crippen LogP contribution in [-0.2, 0) is 0 Å². The number of amides is 2. The van der Waals surface area contributed by atoms with Crippen molar-refractivity contribution in [2.75, 3.05) is 25.5 Å². The smallest absolute Gasteiger partial charge is 0.255 e. The van der Waals surface area contributed by atoms with Crippen LogP contribution in [0.25, 0.3) is 22.0 Å². The van der Waals surface area contributed by atoms with Crippen LogP contribution < -0.4 is 21.7 Å². The topological polar surface area (TPSA) is 109 Å². The lowest BCUT2D eigenvalue weighted by atomic mass is 9.99. The summed E-state index contributed by atoms with van der Waals surface area (Å²) in [5.41, 5.74) is 6.95. The Kier molecular flexibility index (Phi) is 9.30. The Morgan fingerprint density at radius 1 is 1.03 bits per heavy atom. The number of benzene rings is 2. The standard InChI is InChI=1S/C25H27F2N5O2.C2H6/c1-29-23-18-11-17(14-4-7-16(20(26)10-14)24(33)30-9-3-2-8-28)21(27)12-22(18)31-13-19(23)25(34)32-15-5-6-15;1-2/h4,7,10-13,15H,2-3,5-6,8-9,28H2,1H3,(H,29,31)(H,30,33)(H,32,34);1-2H3. The molecule has 7 nitrogen and oxygen atoms in total. The second-order valence-corrected chi connectivity index (χ2v) is 8.34. The zero-order valence-corrected chi connectivity index (χ0v) is 20.9. The second kappa shape index (κ2) is 12.4. The first-order valence-electron chi connectivity index (χ1n) is 12.3. The van der Waals surface area contributed by atoms with Gasteiger partial charge in [0.25, 0.3) is 11.8 Å². The predicted molar refractivity (Wildman–Crippen MR) is 139 cm³/mol. The average molecular weight is 498 g/mol. The summed E-state index contributed by atoms with van der Waals surface area (Å²) in [6.45, 7) is 4.92. The van der Waals surface area contributed by atoms with Gasteiger partial charge in [-0.15, -0.1) is 0 Å². The highest BCUT2D eigenvalue weighted by Crippen LogP contribution is 2.33. The summed E-state index contributed by atoms with van der Waals surface area (Å²) in [6.07, 6.45) is 4.78. The second-order valence-electron chi connectivity index (χ2n) is 8.34. The van der Waals surface area contributed by atoms with Gasteiger partial charge < -0.3 is 21.7 Å². The lowest BCUT2D eigenvalue weighted by Gasteiger charge is -2.14. The van der Waals surface area contributed by atoms with E-state index in [1.807, 2.05) is 13.8 Å². The van der Waals surface area contributed by atoms with Gasteiger partial charge in [-0.2, -0.15) is 0 Å². The normalized spacial score (nSPS) is 12.5. The first-order valence-corrected chi connectivity index (χ1v) is 12.3. The van der Waals surface area contributed by atoms with Crippen LogP contribution in [0.2, 0.25) is 0 Å². The van der Waals surface area contributed by atoms with Crippen molar-refractivity contribution in [3.63, 3.8) is 0 Å². The molecule has 0 aliphatic heterocycles. The van der Waals surface area contributed by atoms with E-state index in [1.54, 1.807) is 13.1 Å². The third-order valence-corrected chi connectivity index (χ3v) is 5.81. The number of carbonyl (C=O) groups excluding carboxylic acids is 2. The summed E-state index contributed by atoms with van der Waals surface area (Å²) < 4.78 is 29.7. The number of hydrogen-bond acceptors (Lipinski definition) is 5. The lowest BCUT2D eigenvalue weighted by Crippen LogP contribution is -2.26. The molecule has 4 rings (SSSR count). The van der Waals surface area contributed by atoms with Crippen LogP contribution in [0.5, 0.6) is 0 Å². The third-order valence-electron chi connectivity index (χ3n) is 5.81. The third kappa shape index (κ3) is 6.15. The summed E-state index contributed by atoms with van der Waals surface area (Å²) in [6, 6.07) is 6.94.